The van der Waals surface area contributed by atoms with Crippen LogP contribution in [0.1, 0.15) is 47.1 Å². The Balaban J connectivity index is 2.79. The first-order valence-electron chi connectivity index (χ1n) is 8.25. The second kappa shape index (κ2) is 8.21. The van der Waals surface area contributed by atoms with Gasteiger partial charge >= 0.3 is 6.09 Å². The first-order chi connectivity index (χ1) is 11.4. The molecular weight excluding hydrogens is 320 g/mol. The molecule has 0 spiro atoms. The van der Waals surface area contributed by atoms with E-state index in [4.69, 9.17) is 14.7 Å². The summed E-state index contributed by atoms with van der Waals surface area (Å²) < 4.78 is 10.9. The molecule has 0 bridgehead atoms. The van der Waals surface area contributed by atoms with Gasteiger partial charge in [0.15, 0.2) is 6.10 Å². The molecule has 0 saturated heterocycles. The third-order valence-corrected chi connectivity index (χ3v) is 3.02. The molecule has 138 valence electrons. The second-order valence-electron chi connectivity index (χ2n) is 7.89. The van der Waals surface area contributed by atoms with Crippen LogP contribution in [0, 0.1) is 11.3 Å². The van der Waals surface area contributed by atoms with Crippen molar-refractivity contribution in [2.45, 2.75) is 71.3 Å². The van der Waals surface area contributed by atoms with Gasteiger partial charge < -0.3 is 19.9 Å². The van der Waals surface area contributed by atoms with Crippen molar-refractivity contribution >= 4 is 6.09 Å². The second-order valence-corrected chi connectivity index (χ2v) is 7.89. The lowest BCUT2D eigenvalue weighted by atomic mass is 10.0. The number of aliphatic hydroxyl groups is 1. The molecule has 1 amide bonds. The average molecular weight is 348 g/mol. The van der Waals surface area contributed by atoms with E-state index in [2.05, 4.69) is 5.32 Å². The molecule has 1 unspecified atom stereocenters. The smallest absolute Gasteiger partial charge is 0.408 e. The van der Waals surface area contributed by atoms with Crippen LogP contribution in [0.15, 0.2) is 24.3 Å². The van der Waals surface area contributed by atoms with Crippen molar-refractivity contribution in [1.29, 1.82) is 5.26 Å². The predicted molar refractivity (Wildman–Crippen MR) is 95.3 cm³/mol. The standard InChI is InChI=1S/C19H28N2O4/c1-18(2,3)24-14-9-7-13(8-10-14)11-15(16(22)12-20)21-17(23)25-19(4,5)6/h7-10,15-16,22H,11H2,1-6H3,(H,21,23)/t15-,16?/m0/s1. The van der Waals surface area contributed by atoms with Crippen molar-refractivity contribution < 1.29 is 19.4 Å². The number of aliphatic hydroxyl groups excluding tert-OH is 1. The van der Waals surface area contributed by atoms with E-state index in [9.17, 15) is 9.90 Å². The Morgan fingerprint density at radius 3 is 2.16 bits per heavy atom. The van der Waals surface area contributed by atoms with E-state index >= 15 is 0 Å². The minimum absolute atomic E-state index is 0.292. The summed E-state index contributed by atoms with van der Waals surface area (Å²) >= 11 is 0. The zero-order chi connectivity index (χ0) is 19.3. The molecule has 0 aliphatic heterocycles. The zero-order valence-electron chi connectivity index (χ0n) is 15.8. The molecule has 2 N–H and O–H groups in total. The number of benzene rings is 1. The molecule has 1 rings (SSSR count). The first-order valence-corrected chi connectivity index (χ1v) is 8.25. The maximum atomic E-state index is 11.9. The molecule has 1 aromatic carbocycles. The minimum Gasteiger partial charge on any atom is -0.488 e. The third-order valence-electron chi connectivity index (χ3n) is 3.02. The summed E-state index contributed by atoms with van der Waals surface area (Å²) in [6, 6.07) is 8.32. The van der Waals surface area contributed by atoms with Gasteiger partial charge in [0.05, 0.1) is 12.1 Å². The zero-order valence-corrected chi connectivity index (χ0v) is 15.8. The summed E-state index contributed by atoms with van der Waals surface area (Å²) in [6.07, 6.45) is -1.71. The maximum Gasteiger partial charge on any atom is 0.408 e. The Hall–Kier alpha value is -2.26. The van der Waals surface area contributed by atoms with Gasteiger partial charge in [0.25, 0.3) is 0 Å². The van der Waals surface area contributed by atoms with E-state index in [1.54, 1.807) is 26.8 Å². The quantitative estimate of drug-likeness (QED) is 0.797. The van der Waals surface area contributed by atoms with Crippen LogP contribution in [0.25, 0.3) is 0 Å². The van der Waals surface area contributed by atoms with Gasteiger partial charge in [0.2, 0.25) is 0 Å². The maximum absolute atomic E-state index is 11.9. The predicted octanol–water partition coefficient (Wildman–Crippen LogP) is 3.18. The number of carbonyl (C=O) groups is 1. The molecular formula is C19H28N2O4. The summed E-state index contributed by atoms with van der Waals surface area (Å²) in [4.78, 5) is 11.9. The van der Waals surface area contributed by atoms with Gasteiger partial charge in [0.1, 0.15) is 17.0 Å². The molecule has 0 fully saturated rings. The molecule has 0 aromatic heterocycles. The van der Waals surface area contributed by atoms with Gasteiger partial charge in [0, 0.05) is 0 Å². The molecule has 0 saturated carbocycles. The summed E-state index contributed by atoms with van der Waals surface area (Å²) in [6.45, 7) is 11.1. The number of nitriles is 1. The van der Waals surface area contributed by atoms with Crippen LogP contribution in [-0.2, 0) is 11.2 Å². The van der Waals surface area contributed by atoms with Gasteiger partial charge in [-0.3, -0.25) is 0 Å². The van der Waals surface area contributed by atoms with Crippen LogP contribution in [0.4, 0.5) is 4.79 Å². The number of hydrogen-bond donors (Lipinski definition) is 2. The van der Waals surface area contributed by atoms with Crippen LogP contribution in [0.5, 0.6) is 5.75 Å². The Bertz CT molecular complexity index is 606. The van der Waals surface area contributed by atoms with Gasteiger partial charge in [-0.25, -0.2) is 4.79 Å². The lowest BCUT2D eigenvalue weighted by Gasteiger charge is -2.24. The van der Waals surface area contributed by atoms with E-state index in [1.165, 1.54) is 0 Å². The number of amides is 1. The lowest BCUT2D eigenvalue weighted by molar-refractivity contribution is 0.0458. The highest BCUT2D eigenvalue weighted by Gasteiger charge is 2.25. The fourth-order valence-electron chi connectivity index (χ4n) is 2.09. The minimum atomic E-state index is -1.34. The Labute approximate surface area is 149 Å². The highest BCUT2D eigenvalue weighted by molar-refractivity contribution is 5.68. The van der Waals surface area contributed by atoms with Gasteiger partial charge in [-0.05, 0) is 65.7 Å². The van der Waals surface area contributed by atoms with Gasteiger partial charge in [-0.15, -0.1) is 0 Å². The monoisotopic (exact) mass is 348 g/mol. The molecule has 6 nitrogen and oxygen atoms in total. The summed E-state index contributed by atoms with van der Waals surface area (Å²) in [5.74, 6) is 0.730. The topological polar surface area (TPSA) is 91.6 Å². The first kappa shape index (κ1) is 20.8. The summed E-state index contributed by atoms with van der Waals surface area (Å²) in [5.41, 5.74) is -0.0889. The third kappa shape index (κ3) is 8.41. The SMILES string of the molecule is CC(C)(C)OC(=O)N[C@@H](Cc1ccc(OC(C)(C)C)cc1)C(O)C#N. The van der Waals surface area contributed by atoms with Crippen LogP contribution in [0.3, 0.4) is 0 Å². The van der Waals surface area contributed by atoms with Crippen molar-refractivity contribution in [2.24, 2.45) is 0 Å². The van der Waals surface area contributed by atoms with Crippen molar-refractivity contribution in [2.75, 3.05) is 0 Å². The van der Waals surface area contributed by atoms with Gasteiger partial charge in [-0.1, -0.05) is 12.1 Å². The van der Waals surface area contributed by atoms with Crippen molar-refractivity contribution in [3.8, 4) is 11.8 Å². The van der Waals surface area contributed by atoms with Crippen LogP contribution >= 0.6 is 0 Å². The van der Waals surface area contributed by atoms with E-state index in [0.29, 0.717) is 6.42 Å². The molecule has 0 radical (unpaired) electrons. The number of rotatable bonds is 5. The van der Waals surface area contributed by atoms with E-state index in [0.717, 1.165) is 11.3 Å². The normalized spacial score (nSPS) is 14.2. The molecule has 1 aromatic rings. The number of nitrogens with one attached hydrogen (secondary N) is 1. The van der Waals surface area contributed by atoms with E-state index in [-0.39, 0.29) is 5.60 Å². The van der Waals surface area contributed by atoms with E-state index in [1.807, 2.05) is 45.0 Å². The fraction of sp³-hybridized carbons (Fsp3) is 0.579. The number of hydrogen-bond acceptors (Lipinski definition) is 5. The summed E-state index contributed by atoms with van der Waals surface area (Å²) in [7, 11) is 0. The van der Waals surface area contributed by atoms with Crippen molar-refractivity contribution in [3.63, 3.8) is 0 Å². The van der Waals surface area contributed by atoms with Crippen LogP contribution in [0.2, 0.25) is 0 Å². The van der Waals surface area contributed by atoms with Gasteiger partial charge in [-0.2, -0.15) is 5.26 Å². The lowest BCUT2D eigenvalue weighted by Crippen LogP contribution is -2.46. The Morgan fingerprint density at radius 1 is 1.16 bits per heavy atom. The fourth-order valence-corrected chi connectivity index (χ4v) is 2.09. The molecule has 25 heavy (non-hydrogen) atoms. The Morgan fingerprint density at radius 2 is 1.72 bits per heavy atom. The van der Waals surface area contributed by atoms with Crippen LogP contribution < -0.4 is 10.1 Å². The highest BCUT2D eigenvalue weighted by atomic mass is 16.6. The number of nitrogens with zero attached hydrogens (tertiary/aromatic N) is 1. The van der Waals surface area contributed by atoms with Crippen molar-refractivity contribution in [1.82, 2.24) is 5.32 Å². The molecule has 0 heterocycles. The largest absolute Gasteiger partial charge is 0.488 e. The molecule has 0 aliphatic rings. The molecule has 2 atom stereocenters. The highest BCUT2D eigenvalue weighted by Crippen LogP contribution is 2.19. The molecule has 6 heteroatoms. The van der Waals surface area contributed by atoms with Crippen molar-refractivity contribution in [3.05, 3.63) is 29.8 Å². The summed E-state index contributed by atoms with van der Waals surface area (Å²) in [5, 5.41) is 21.4. The van der Waals surface area contributed by atoms with E-state index < -0.39 is 23.8 Å². The molecule has 0 aliphatic carbocycles. The number of carbonyl (C=O) groups excluding carboxylic acids is 1. The van der Waals surface area contributed by atoms with Crippen LogP contribution in [-0.4, -0.2) is 34.5 Å². The Kier molecular flexibility index (Phi) is 6.83. The number of alkyl carbamates (subject to hydrolysis) is 1. The average Bonchev–Trinajstić information content (AvgIpc) is 2.44. The number of ether oxygens (including phenoxy) is 2.